The Morgan fingerprint density at radius 3 is 2.41 bits per heavy atom. The van der Waals surface area contributed by atoms with Crippen molar-refractivity contribution in [3.05, 3.63) is 113 Å². The van der Waals surface area contributed by atoms with Gasteiger partial charge in [0.1, 0.15) is 12.4 Å². The van der Waals surface area contributed by atoms with E-state index in [9.17, 15) is 5.26 Å². The number of allylic oxidation sites excluding steroid dienone is 1. The van der Waals surface area contributed by atoms with E-state index in [0.717, 1.165) is 33.2 Å². The number of rotatable bonds is 5. The molecule has 0 aliphatic rings. The molecule has 0 fully saturated rings. The highest BCUT2D eigenvalue weighted by atomic mass is 35.5. The third-order valence-electron chi connectivity index (χ3n) is 4.73. The molecule has 0 heterocycles. The van der Waals surface area contributed by atoms with E-state index in [1.807, 2.05) is 84.9 Å². The van der Waals surface area contributed by atoms with Gasteiger partial charge in [-0.2, -0.15) is 5.26 Å². The van der Waals surface area contributed by atoms with Gasteiger partial charge in [-0.05, 0) is 40.6 Å². The van der Waals surface area contributed by atoms with Gasteiger partial charge in [0.05, 0.1) is 11.6 Å². The van der Waals surface area contributed by atoms with Crippen molar-refractivity contribution in [1.29, 1.82) is 5.26 Å². The van der Waals surface area contributed by atoms with Crippen molar-refractivity contribution in [2.75, 3.05) is 0 Å². The molecule has 0 atom stereocenters. The Bertz CT molecular complexity index is 1210. The van der Waals surface area contributed by atoms with E-state index in [1.165, 1.54) is 0 Å². The van der Waals surface area contributed by atoms with Crippen LogP contribution in [0.15, 0.2) is 91.0 Å². The quantitative estimate of drug-likeness (QED) is 0.266. The van der Waals surface area contributed by atoms with Gasteiger partial charge in [-0.3, -0.25) is 0 Å². The molecule has 0 aliphatic heterocycles. The zero-order valence-electron chi connectivity index (χ0n) is 15.7. The van der Waals surface area contributed by atoms with Crippen LogP contribution in [0, 0.1) is 11.3 Å². The molecule has 0 saturated carbocycles. The Kier molecular flexibility index (Phi) is 5.61. The first-order chi connectivity index (χ1) is 14.2. The molecular formula is C26H18ClNO. The lowest BCUT2D eigenvalue weighted by Crippen LogP contribution is -1.97. The highest BCUT2D eigenvalue weighted by Crippen LogP contribution is 2.29. The van der Waals surface area contributed by atoms with Crippen molar-refractivity contribution in [2.24, 2.45) is 0 Å². The van der Waals surface area contributed by atoms with Gasteiger partial charge in [0.15, 0.2) is 0 Å². The van der Waals surface area contributed by atoms with Crippen LogP contribution in [0.1, 0.15) is 16.7 Å². The molecule has 3 heteroatoms. The maximum atomic E-state index is 9.85. The van der Waals surface area contributed by atoms with Crippen molar-refractivity contribution in [2.45, 2.75) is 6.61 Å². The number of nitrogens with zero attached hydrogens (tertiary/aromatic N) is 1. The summed E-state index contributed by atoms with van der Waals surface area (Å²) in [5.74, 6) is 0.732. The summed E-state index contributed by atoms with van der Waals surface area (Å²) in [6, 6.07) is 31.8. The molecule has 0 aromatic heterocycles. The van der Waals surface area contributed by atoms with Gasteiger partial charge in [0, 0.05) is 16.1 Å². The molecule has 140 valence electrons. The second-order valence-electron chi connectivity index (χ2n) is 6.65. The molecule has 0 N–H and O–H groups in total. The highest BCUT2D eigenvalue weighted by molar-refractivity contribution is 6.30. The number of ether oxygens (including phenoxy) is 1. The standard InChI is InChI=1S/C26H18ClNO/c27-23-14-12-19(13-15-23)18-29-26-11-4-2-7-21(26)16-22(17-28)25-10-5-8-20-6-1-3-9-24(20)25/h1-16H,18H2/b22-16-. The minimum absolute atomic E-state index is 0.429. The van der Waals surface area contributed by atoms with Crippen molar-refractivity contribution in [3.63, 3.8) is 0 Å². The molecule has 0 bridgehead atoms. The second-order valence-corrected chi connectivity index (χ2v) is 7.09. The fourth-order valence-corrected chi connectivity index (χ4v) is 3.38. The molecule has 4 rings (SSSR count). The average Bonchev–Trinajstić information content (AvgIpc) is 2.77. The lowest BCUT2D eigenvalue weighted by atomic mass is 9.97. The minimum atomic E-state index is 0.429. The Labute approximate surface area is 175 Å². The Morgan fingerprint density at radius 1 is 0.862 bits per heavy atom. The molecular weight excluding hydrogens is 378 g/mol. The van der Waals surface area contributed by atoms with Gasteiger partial charge in [-0.1, -0.05) is 84.4 Å². The van der Waals surface area contributed by atoms with Crippen molar-refractivity contribution < 1.29 is 4.74 Å². The van der Waals surface area contributed by atoms with Crippen LogP contribution in [0.4, 0.5) is 0 Å². The van der Waals surface area contributed by atoms with E-state index in [2.05, 4.69) is 18.2 Å². The molecule has 0 aliphatic carbocycles. The van der Waals surface area contributed by atoms with Crippen molar-refractivity contribution >= 4 is 34.0 Å². The summed E-state index contributed by atoms with van der Waals surface area (Å²) in [5.41, 5.74) is 3.41. The highest BCUT2D eigenvalue weighted by Gasteiger charge is 2.08. The van der Waals surface area contributed by atoms with Crippen LogP contribution in [-0.4, -0.2) is 0 Å². The largest absolute Gasteiger partial charge is 0.488 e. The third kappa shape index (κ3) is 4.32. The monoisotopic (exact) mass is 395 g/mol. The topological polar surface area (TPSA) is 33.0 Å². The van der Waals surface area contributed by atoms with Crippen LogP contribution in [0.2, 0.25) is 5.02 Å². The number of para-hydroxylation sites is 1. The lowest BCUT2D eigenvalue weighted by molar-refractivity contribution is 0.305. The molecule has 2 nitrogen and oxygen atoms in total. The number of benzene rings is 4. The number of halogens is 1. The Balaban J connectivity index is 1.68. The first-order valence-electron chi connectivity index (χ1n) is 9.31. The Morgan fingerprint density at radius 2 is 1.59 bits per heavy atom. The maximum absolute atomic E-state index is 9.85. The minimum Gasteiger partial charge on any atom is -0.488 e. The van der Waals surface area contributed by atoms with Crippen molar-refractivity contribution in [1.82, 2.24) is 0 Å². The predicted octanol–water partition coefficient (Wildman–Crippen LogP) is 7.14. The van der Waals surface area contributed by atoms with Gasteiger partial charge < -0.3 is 4.74 Å². The van der Waals surface area contributed by atoms with Crippen LogP contribution in [0.3, 0.4) is 0 Å². The fraction of sp³-hybridized carbons (Fsp3) is 0.0385. The van der Waals surface area contributed by atoms with E-state index in [0.29, 0.717) is 17.2 Å². The van der Waals surface area contributed by atoms with E-state index in [-0.39, 0.29) is 0 Å². The zero-order chi connectivity index (χ0) is 20.1. The molecule has 0 unspecified atom stereocenters. The molecule has 0 spiro atoms. The molecule has 0 saturated heterocycles. The van der Waals surface area contributed by atoms with Crippen LogP contribution in [0.5, 0.6) is 5.75 Å². The van der Waals surface area contributed by atoms with Crippen LogP contribution in [0.25, 0.3) is 22.4 Å². The van der Waals surface area contributed by atoms with Crippen LogP contribution < -0.4 is 4.74 Å². The van der Waals surface area contributed by atoms with Crippen LogP contribution in [-0.2, 0) is 6.61 Å². The maximum Gasteiger partial charge on any atom is 0.127 e. The fourth-order valence-electron chi connectivity index (χ4n) is 3.26. The third-order valence-corrected chi connectivity index (χ3v) is 4.98. The van der Waals surface area contributed by atoms with E-state index in [4.69, 9.17) is 16.3 Å². The van der Waals surface area contributed by atoms with E-state index >= 15 is 0 Å². The summed E-state index contributed by atoms with van der Waals surface area (Å²) in [6.45, 7) is 0.429. The number of nitriles is 1. The first kappa shape index (κ1) is 18.8. The van der Waals surface area contributed by atoms with E-state index in [1.54, 1.807) is 0 Å². The second kappa shape index (κ2) is 8.65. The van der Waals surface area contributed by atoms with Gasteiger partial charge in [0.25, 0.3) is 0 Å². The summed E-state index contributed by atoms with van der Waals surface area (Å²) >= 11 is 5.95. The zero-order valence-corrected chi connectivity index (χ0v) is 16.4. The smallest absolute Gasteiger partial charge is 0.127 e. The number of fused-ring (bicyclic) bond motifs is 1. The predicted molar refractivity (Wildman–Crippen MR) is 120 cm³/mol. The Hall–Kier alpha value is -3.54. The summed E-state index contributed by atoms with van der Waals surface area (Å²) in [6.07, 6.45) is 1.89. The van der Waals surface area contributed by atoms with Gasteiger partial charge in [-0.15, -0.1) is 0 Å². The van der Waals surface area contributed by atoms with Gasteiger partial charge >= 0.3 is 0 Å². The van der Waals surface area contributed by atoms with Gasteiger partial charge in [0.2, 0.25) is 0 Å². The number of hydrogen-bond donors (Lipinski definition) is 0. The summed E-state index contributed by atoms with van der Waals surface area (Å²) in [7, 11) is 0. The SMILES string of the molecule is N#C/C(=C/c1ccccc1OCc1ccc(Cl)cc1)c1cccc2ccccc12. The number of hydrogen-bond acceptors (Lipinski definition) is 2. The summed E-state index contributed by atoms with van der Waals surface area (Å²) in [5, 5.41) is 12.7. The molecule has 0 radical (unpaired) electrons. The molecule has 4 aromatic carbocycles. The van der Waals surface area contributed by atoms with Gasteiger partial charge in [-0.25, -0.2) is 0 Å². The summed E-state index contributed by atoms with van der Waals surface area (Å²) < 4.78 is 6.03. The molecule has 29 heavy (non-hydrogen) atoms. The summed E-state index contributed by atoms with van der Waals surface area (Å²) in [4.78, 5) is 0. The van der Waals surface area contributed by atoms with Crippen molar-refractivity contribution in [3.8, 4) is 11.8 Å². The van der Waals surface area contributed by atoms with E-state index < -0.39 is 0 Å². The normalized spacial score (nSPS) is 11.2. The first-order valence-corrected chi connectivity index (χ1v) is 9.68. The molecule has 0 amide bonds. The molecule has 4 aromatic rings. The lowest BCUT2D eigenvalue weighted by Gasteiger charge is -2.11. The average molecular weight is 396 g/mol. The van der Waals surface area contributed by atoms with Crippen LogP contribution >= 0.6 is 11.6 Å².